The molecule has 0 spiro atoms. The molecule has 1 aromatic heterocycles. The van der Waals surface area contributed by atoms with E-state index in [-0.39, 0.29) is 12.5 Å². The molecule has 0 radical (unpaired) electrons. The van der Waals surface area contributed by atoms with E-state index in [9.17, 15) is 14.4 Å². The fourth-order valence-electron chi connectivity index (χ4n) is 2.23. The number of hydrogen-bond acceptors (Lipinski definition) is 4. The first-order chi connectivity index (χ1) is 9.09. The molecule has 0 aromatic carbocycles. The van der Waals surface area contributed by atoms with Crippen LogP contribution in [0.25, 0.3) is 0 Å². The SMILES string of the molecule is O=C(O)[C@@H]1CCCCN1C(=O)Cn1cccnc1=O. The van der Waals surface area contributed by atoms with Gasteiger partial charge in [0.05, 0.1) is 0 Å². The molecule has 1 N–H and O–H groups in total. The van der Waals surface area contributed by atoms with E-state index >= 15 is 0 Å². The summed E-state index contributed by atoms with van der Waals surface area (Å²) >= 11 is 0. The molecule has 102 valence electrons. The maximum absolute atomic E-state index is 12.1. The van der Waals surface area contributed by atoms with Gasteiger partial charge in [-0.1, -0.05) is 0 Å². The van der Waals surface area contributed by atoms with Crippen LogP contribution in [-0.4, -0.2) is 44.0 Å². The van der Waals surface area contributed by atoms with E-state index < -0.39 is 17.7 Å². The van der Waals surface area contributed by atoms with Gasteiger partial charge in [-0.15, -0.1) is 0 Å². The van der Waals surface area contributed by atoms with Gasteiger partial charge in [-0.25, -0.2) is 14.6 Å². The summed E-state index contributed by atoms with van der Waals surface area (Å²) in [7, 11) is 0. The molecule has 1 aliphatic rings. The van der Waals surface area contributed by atoms with Crippen molar-refractivity contribution in [1.82, 2.24) is 14.5 Å². The first kappa shape index (κ1) is 13.3. The molecule has 1 fully saturated rings. The van der Waals surface area contributed by atoms with Gasteiger partial charge in [0.25, 0.3) is 0 Å². The topological polar surface area (TPSA) is 92.5 Å². The van der Waals surface area contributed by atoms with Crippen molar-refractivity contribution in [2.45, 2.75) is 31.8 Å². The van der Waals surface area contributed by atoms with Crippen LogP contribution >= 0.6 is 0 Å². The Hall–Kier alpha value is -2.18. The van der Waals surface area contributed by atoms with Crippen molar-refractivity contribution in [2.75, 3.05) is 6.54 Å². The molecular formula is C12H15N3O4. The zero-order valence-electron chi connectivity index (χ0n) is 10.4. The third kappa shape index (κ3) is 2.98. The normalized spacial score (nSPS) is 19.2. The lowest BCUT2D eigenvalue weighted by Gasteiger charge is -2.33. The van der Waals surface area contributed by atoms with Crippen LogP contribution in [0.4, 0.5) is 0 Å². The zero-order chi connectivity index (χ0) is 13.8. The third-order valence-electron chi connectivity index (χ3n) is 3.20. The van der Waals surface area contributed by atoms with Crippen LogP contribution in [0.2, 0.25) is 0 Å². The predicted molar refractivity (Wildman–Crippen MR) is 65.5 cm³/mol. The summed E-state index contributed by atoms with van der Waals surface area (Å²) in [5.41, 5.74) is -0.514. The van der Waals surface area contributed by atoms with Gasteiger partial charge in [-0.2, -0.15) is 0 Å². The summed E-state index contributed by atoms with van der Waals surface area (Å²) in [5.74, 6) is -1.35. The number of rotatable bonds is 3. The van der Waals surface area contributed by atoms with Crippen molar-refractivity contribution >= 4 is 11.9 Å². The molecule has 1 saturated heterocycles. The summed E-state index contributed by atoms with van der Waals surface area (Å²) in [4.78, 5) is 39.5. The Morgan fingerprint density at radius 3 is 2.89 bits per heavy atom. The third-order valence-corrected chi connectivity index (χ3v) is 3.20. The van der Waals surface area contributed by atoms with Gasteiger partial charge in [0, 0.05) is 18.9 Å². The smallest absolute Gasteiger partial charge is 0.347 e. The van der Waals surface area contributed by atoms with Crippen LogP contribution in [0.5, 0.6) is 0 Å². The summed E-state index contributed by atoms with van der Waals surface area (Å²) in [5, 5.41) is 9.10. The van der Waals surface area contributed by atoms with Crippen molar-refractivity contribution < 1.29 is 14.7 Å². The maximum atomic E-state index is 12.1. The average molecular weight is 265 g/mol. The van der Waals surface area contributed by atoms with Crippen LogP contribution in [0, 0.1) is 0 Å². The van der Waals surface area contributed by atoms with Gasteiger partial charge in [-0.05, 0) is 25.3 Å². The van der Waals surface area contributed by atoms with E-state index in [0.29, 0.717) is 13.0 Å². The highest BCUT2D eigenvalue weighted by atomic mass is 16.4. The second kappa shape index (κ2) is 5.64. The highest BCUT2D eigenvalue weighted by molar-refractivity contribution is 5.83. The highest BCUT2D eigenvalue weighted by Crippen LogP contribution is 2.17. The number of carbonyl (C=O) groups is 2. The van der Waals surface area contributed by atoms with Gasteiger partial charge in [0.2, 0.25) is 5.91 Å². The second-order valence-electron chi connectivity index (χ2n) is 4.47. The fourth-order valence-corrected chi connectivity index (χ4v) is 2.23. The van der Waals surface area contributed by atoms with Gasteiger partial charge < -0.3 is 10.0 Å². The number of nitrogens with zero attached hydrogens (tertiary/aromatic N) is 3. The molecule has 7 heteroatoms. The second-order valence-corrected chi connectivity index (χ2v) is 4.47. The Morgan fingerprint density at radius 1 is 1.42 bits per heavy atom. The van der Waals surface area contributed by atoms with Crippen LogP contribution in [0.15, 0.2) is 23.3 Å². The van der Waals surface area contributed by atoms with E-state index in [1.807, 2.05) is 0 Å². The van der Waals surface area contributed by atoms with Crippen LogP contribution in [0.1, 0.15) is 19.3 Å². The van der Waals surface area contributed by atoms with Crippen molar-refractivity contribution in [3.05, 3.63) is 28.9 Å². The minimum atomic E-state index is -0.994. The molecule has 0 saturated carbocycles. The number of carboxylic acids is 1. The largest absolute Gasteiger partial charge is 0.480 e. The van der Waals surface area contributed by atoms with Crippen molar-refractivity contribution in [3.63, 3.8) is 0 Å². The van der Waals surface area contributed by atoms with Gasteiger partial charge >= 0.3 is 11.7 Å². The predicted octanol–water partition coefficient (Wildman–Crippen LogP) is -0.291. The van der Waals surface area contributed by atoms with Crippen molar-refractivity contribution in [3.8, 4) is 0 Å². The number of aromatic nitrogens is 2. The van der Waals surface area contributed by atoms with E-state index in [1.165, 1.54) is 21.9 Å². The lowest BCUT2D eigenvalue weighted by atomic mass is 10.0. The quantitative estimate of drug-likeness (QED) is 0.810. The summed E-state index contributed by atoms with van der Waals surface area (Å²) < 4.78 is 1.18. The van der Waals surface area contributed by atoms with Crippen LogP contribution < -0.4 is 5.69 Å². The number of likely N-dealkylation sites (tertiary alicyclic amines) is 1. The number of carboxylic acid groups (broad SMARTS) is 1. The van der Waals surface area contributed by atoms with Gasteiger partial charge in [0.1, 0.15) is 12.6 Å². The Balaban J connectivity index is 2.12. The lowest BCUT2D eigenvalue weighted by molar-refractivity contribution is -0.152. The first-order valence-electron chi connectivity index (χ1n) is 6.13. The number of amides is 1. The zero-order valence-corrected chi connectivity index (χ0v) is 10.4. The Labute approximate surface area is 109 Å². The molecule has 0 bridgehead atoms. The number of aliphatic carboxylic acids is 1. The highest BCUT2D eigenvalue weighted by Gasteiger charge is 2.31. The van der Waals surface area contributed by atoms with E-state index in [0.717, 1.165) is 12.8 Å². The van der Waals surface area contributed by atoms with Crippen LogP contribution in [0.3, 0.4) is 0 Å². The summed E-state index contributed by atoms with van der Waals surface area (Å²) in [6.07, 6.45) is 4.87. The Morgan fingerprint density at radius 2 is 2.21 bits per heavy atom. The molecule has 0 unspecified atom stereocenters. The molecule has 0 aliphatic carbocycles. The molecule has 1 amide bonds. The molecule has 1 aromatic rings. The monoisotopic (exact) mass is 265 g/mol. The number of piperidine rings is 1. The minimum Gasteiger partial charge on any atom is -0.480 e. The molecule has 2 heterocycles. The number of carbonyl (C=O) groups excluding carboxylic acids is 1. The van der Waals surface area contributed by atoms with Gasteiger partial charge in [0.15, 0.2) is 0 Å². The molecule has 7 nitrogen and oxygen atoms in total. The van der Waals surface area contributed by atoms with E-state index in [1.54, 1.807) is 6.07 Å². The standard InChI is InChI=1S/C12H15N3O4/c16-10(8-14-6-3-5-13-12(14)19)15-7-2-1-4-9(15)11(17)18/h3,5-6,9H,1-2,4,7-8H2,(H,17,18)/t9-/m0/s1. The molecular weight excluding hydrogens is 250 g/mol. The first-order valence-corrected chi connectivity index (χ1v) is 6.13. The molecule has 2 rings (SSSR count). The van der Waals surface area contributed by atoms with Crippen molar-refractivity contribution in [1.29, 1.82) is 0 Å². The Kier molecular flexibility index (Phi) is 3.94. The van der Waals surface area contributed by atoms with Crippen LogP contribution in [-0.2, 0) is 16.1 Å². The summed E-state index contributed by atoms with van der Waals surface area (Å²) in [6.45, 7) is 0.251. The molecule has 1 atom stereocenters. The average Bonchev–Trinajstić information content (AvgIpc) is 2.41. The van der Waals surface area contributed by atoms with Gasteiger partial charge in [-0.3, -0.25) is 9.36 Å². The molecule has 19 heavy (non-hydrogen) atoms. The lowest BCUT2D eigenvalue weighted by Crippen LogP contribution is -2.49. The van der Waals surface area contributed by atoms with E-state index in [4.69, 9.17) is 5.11 Å². The Bertz CT molecular complexity index is 540. The number of hydrogen-bond donors (Lipinski definition) is 1. The minimum absolute atomic E-state index is 0.170. The molecule has 1 aliphatic heterocycles. The van der Waals surface area contributed by atoms with E-state index in [2.05, 4.69) is 4.98 Å². The van der Waals surface area contributed by atoms with Crippen molar-refractivity contribution in [2.24, 2.45) is 0 Å². The fraction of sp³-hybridized carbons (Fsp3) is 0.500. The maximum Gasteiger partial charge on any atom is 0.347 e. The summed E-state index contributed by atoms with van der Waals surface area (Å²) in [6, 6.07) is 0.771.